The summed E-state index contributed by atoms with van der Waals surface area (Å²) in [6.45, 7) is 2.69. The zero-order valence-corrected chi connectivity index (χ0v) is 11.6. The molecule has 0 spiro atoms. The summed E-state index contributed by atoms with van der Waals surface area (Å²) in [5.41, 5.74) is 7.61. The highest BCUT2D eigenvalue weighted by Crippen LogP contribution is 2.28. The van der Waals surface area contributed by atoms with Gasteiger partial charge < -0.3 is 10.6 Å². The third kappa shape index (κ3) is 2.40. The molecule has 2 heterocycles. The minimum absolute atomic E-state index is 0.734. The molecule has 2 aromatic heterocycles. The minimum Gasteiger partial charge on any atom is -0.394 e. The summed E-state index contributed by atoms with van der Waals surface area (Å²) >= 11 is 7.50. The van der Waals surface area contributed by atoms with Gasteiger partial charge in [-0.3, -0.25) is 4.68 Å². The first-order valence-corrected chi connectivity index (χ1v) is 6.43. The van der Waals surface area contributed by atoms with E-state index in [0.29, 0.717) is 0 Å². The molecule has 2 aromatic rings. The number of aryl methyl sites for hydroxylation is 2. The Balaban J connectivity index is 2.22. The smallest absolute Gasteiger partial charge is 0.150 e. The van der Waals surface area contributed by atoms with Crippen LogP contribution in [0.3, 0.4) is 0 Å². The van der Waals surface area contributed by atoms with Crippen molar-refractivity contribution in [3.8, 4) is 0 Å². The van der Waals surface area contributed by atoms with E-state index in [1.807, 2.05) is 33.2 Å². The number of thiophene rings is 1. The quantitative estimate of drug-likeness (QED) is 0.933. The standard InChI is InChI=1S/C11H15ClN4S/c1-7-10(13)11(16(3)14-7)15(2)6-8-4-5-9(12)17-8/h4-5H,6,13H2,1-3H3. The second kappa shape index (κ2) is 4.58. The maximum Gasteiger partial charge on any atom is 0.150 e. The summed E-state index contributed by atoms with van der Waals surface area (Å²) < 4.78 is 2.61. The summed E-state index contributed by atoms with van der Waals surface area (Å²) in [5.74, 6) is 0.937. The Morgan fingerprint density at radius 3 is 2.71 bits per heavy atom. The highest BCUT2D eigenvalue weighted by atomic mass is 35.5. The van der Waals surface area contributed by atoms with Crippen LogP contribution in [0.5, 0.6) is 0 Å². The lowest BCUT2D eigenvalue weighted by Gasteiger charge is -2.19. The molecule has 0 amide bonds. The Morgan fingerprint density at radius 2 is 2.24 bits per heavy atom. The van der Waals surface area contributed by atoms with Gasteiger partial charge in [0.25, 0.3) is 0 Å². The largest absolute Gasteiger partial charge is 0.394 e. The van der Waals surface area contributed by atoms with Gasteiger partial charge in [0.05, 0.1) is 22.3 Å². The van der Waals surface area contributed by atoms with Crippen molar-refractivity contribution in [2.24, 2.45) is 7.05 Å². The predicted molar refractivity (Wildman–Crippen MR) is 73.8 cm³/mol. The van der Waals surface area contributed by atoms with Crippen molar-refractivity contribution in [3.05, 3.63) is 27.0 Å². The van der Waals surface area contributed by atoms with Crippen LogP contribution in [0.2, 0.25) is 4.34 Å². The molecule has 0 saturated heterocycles. The van der Waals surface area contributed by atoms with Crippen LogP contribution in [0.15, 0.2) is 12.1 Å². The highest BCUT2D eigenvalue weighted by molar-refractivity contribution is 7.16. The molecule has 0 bridgehead atoms. The molecule has 0 aliphatic heterocycles. The van der Waals surface area contributed by atoms with Gasteiger partial charge >= 0.3 is 0 Å². The van der Waals surface area contributed by atoms with Crippen LogP contribution >= 0.6 is 22.9 Å². The number of hydrogen-bond donors (Lipinski definition) is 1. The van der Waals surface area contributed by atoms with Crippen molar-refractivity contribution < 1.29 is 0 Å². The van der Waals surface area contributed by atoms with E-state index in [-0.39, 0.29) is 0 Å². The summed E-state index contributed by atoms with van der Waals surface area (Å²) in [5, 5.41) is 4.31. The number of rotatable bonds is 3. The van der Waals surface area contributed by atoms with Crippen molar-refractivity contribution in [1.29, 1.82) is 0 Å². The molecule has 0 saturated carbocycles. The van der Waals surface area contributed by atoms with E-state index in [2.05, 4.69) is 10.00 Å². The molecule has 0 fully saturated rings. The average molecular weight is 271 g/mol. The van der Waals surface area contributed by atoms with E-state index in [1.54, 1.807) is 16.0 Å². The normalized spacial score (nSPS) is 10.8. The molecule has 4 nitrogen and oxygen atoms in total. The van der Waals surface area contributed by atoms with E-state index < -0.39 is 0 Å². The SMILES string of the molecule is Cc1nn(C)c(N(C)Cc2ccc(Cl)s2)c1N. The maximum atomic E-state index is 6.02. The van der Waals surface area contributed by atoms with Gasteiger partial charge in [-0.25, -0.2) is 0 Å². The van der Waals surface area contributed by atoms with Crippen molar-refractivity contribution in [2.75, 3.05) is 17.7 Å². The maximum absolute atomic E-state index is 6.02. The van der Waals surface area contributed by atoms with Gasteiger partial charge in [0.2, 0.25) is 0 Å². The van der Waals surface area contributed by atoms with Crippen LogP contribution in [0.1, 0.15) is 10.6 Å². The zero-order valence-electron chi connectivity index (χ0n) is 10.1. The van der Waals surface area contributed by atoms with Gasteiger partial charge in [-0.05, 0) is 19.1 Å². The number of nitrogens with zero attached hydrogens (tertiary/aromatic N) is 3. The first kappa shape index (κ1) is 12.3. The lowest BCUT2D eigenvalue weighted by atomic mass is 10.3. The van der Waals surface area contributed by atoms with Crippen molar-refractivity contribution in [3.63, 3.8) is 0 Å². The molecule has 2 rings (SSSR count). The Bertz CT molecular complexity index is 532. The fraction of sp³-hybridized carbons (Fsp3) is 0.364. The number of aromatic nitrogens is 2. The molecule has 0 radical (unpaired) electrons. The molecule has 6 heteroatoms. The predicted octanol–water partition coefficient (Wildman–Crippen LogP) is 2.66. The molecule has 0 aliphatic carbocycles. The topological polar surface area (TPSA) is 47.1 Å². The number of halogens is 1. The van der Waals surface area contributed by atoms with Crippen LogP contribution < -0.4 is 10.6 Å². The minimum atomic E-state index is 0.734. The highest BCUT2D eigenvalue weighted by Gasteiger charge is 2.14. The fourth-order valence-corrected chi connectivity index (χ4v) is 3.00. The van der Waals surface area contributed by atoms with Gasteiger partial charge in [-0.2, -0.15) is 5.10 Å². The molecular weight excluding hydrogens is 256 g/mol. The summed E-state index contributed by atoms with van der Waals surface area (Å²) in [4.78, 5) is 3.29. The lowest BCUT2D eigenvalue weighted by Crippen LogP contribution is -2.19. The van der Waals surface area contributed by atoms with Gasteiger partial charge in [0.1, 0.15) is 5.82 Å². The number of nitrogen functional groups attached to an aromatic ring is 1. The molecule has 0 aliphatic rings. The van der Waals surface area contributed by atoms with Crippen molar-refractivity contribution >= 4 is 34.4 Å². The number of nitrogens with two attached hydrogens (primary N) is 1. The third-order valence-corrected chi connectivity index (χ3v) is 3.84. The molecule has 92 valence electrons. The molecule has 0 atom stereocenters. The van der Waals surface area contributed by atoms with E-state index in [9.17, 15) is 0 Å². The Morgan fingerprint density at radius 1 is 1.53 bits per heavy atom. The Kier molecular flexibility index (Phi) is 3.31. The van der Waals surface area contributed by atoms with E-state index in [4.69, 9.17) is 17.3 Å². The molecule has 0 unspecified atom stereocenters. The third-order valence-electron chi connectivity index (χ3n) is 2.62. The van der Waals surface area contributed by atoms with Crippen molar-refractivity contribution in [2.45, 2.75) is 13.5 Å². The molecule has 2 N–H and O–H groups in total. The Hall–Kier alpha value is -1.20. The van der Waals surface area contributed by atoms with E-state index in [1.165, 1.54) is 4.88 Å². The van der Waals surface area contributed by atoms with Crippen LogP contribution in [-0.4, -0.2) is 16.8 Å². The number of hydrogen-bond acceptors (Lipinski definition) is 4. The van der Waals surface area contributed by atoms with E-state index >= 15 is 0 Å². The van der Waals surface area contributed by atoms with Gasteiger partial charge in [0, 0.05) is 19.0 Å². The van der Waals surface area contributed by atoms with Gasteiger partial charge in [-0.1, -0.05) is 11.6 Å². The first-order chi connectivity index (χ1) is 7.99. The van der Waals surface area contributed by atoms with Crippen LogP contribution in [0.25, 0.3) is 0 Å². The molecule has 0 aromatic carbocycles. The monoisotopic (exact) mass is 270 g/mol. The van der Waals surface area contributed by atoms with Crippen LogP contribution in [-0.2, 0) is 13.6 Å². The van der Waals surface area contributed by atoms with Gasteiger partial charge in [-0.15, -0.1) is 11.3 Å². The Labute approximate surface area is 110 Å². The van der Waals surface area contributed by atoms with E-state index in [0.717, 1.165) is 28.1 Å². The summed E-state index contributed by atoms with van der Waals surface area (Å²) in [7, 11) is 3.90. The average Bonchev–Trinajstić information content (AvgIpc) is 2.73. The second-order valence-electron chi connectivity index (χ2n) is 4.01. The van der Waals surface area contributed by atoms with Crippen LogP contribution in [0.4, 0.5) is 11.5 Å². The number of anilines is 2. The zero-order chi connectivity index (χ0) is 12.6. The lowest BCUT2D eigenvalue weighted by molar-refractivity contribution is 0.729. The first-order valence-electron chi connectivity index (χ1n) is 5.23. The summed E-state index contributed by atoms with van der Waals surface area (Å²) in [6.07, 6.45) is 0. The van der Waals surface area contributed by atoms with Crippen LogP contribution in [0, 0.1) is 6.92 Å². The molecular formula is C11H15ClN4S. The molecule has 17 heavy (non-hydrogen) atoms. The van der Waals surface area contributed by atoms with Crippen molar-refractivity contribution in [1.82, 2.24) is 9.78 Å². The van der Waals surface area contributed by atoms with Gasteiger partial charge in [0.15, 0.2) is 0 Å². The summed E-state index contributed by atoms with van der Waals surface area (Å²) in [6, 6.07) is 3.94. The second-order valence-corrected chi connectivity index (χ2v) is 5.81. The fourth-order valence-electron chi connectivity index (χ4n) is 1.86.